The van der Waals surface area contributed by atoms with Crippen molar-refractivity contribution in [3.05, 3.63) is 35.9 Å². The van der Waals surface area contributed by atoms with Crippen molar-refractivity contribution in [3.63, 3.8) is 0 Å². The van der Waals surface area contributed by atoms with Crippen LogP contribution in [0.1, 0.15) is 52.0 Å². The minimum atomic E-state index is -0.441. The van der Waals surface area contributed by atoms with E-state index in [1.54, 1.807) is 4.90 Å². The van der Waals surface area contributed by atoms with E-state index < -0.39 is 5.60 Å². The largest absolute Gasteiger partial charge is 0.445 e. The molecule has 1 saturated heterocycles. The molecule has 28 heavy (non-hydrogen) atoms. The summed E-state index contributed by atoms with van der Waals surface area (Å²) in [5, 5.41) is 3.07. The van der Waals surface area contributed by atoms with Crippen molar-refractivity contribution in [2.75, 3.05) is 13.1 Å². The summed E-state index contributed by atoms with van der Waals surface area (Å²) in [6.07, 6.45) is 3.70. The number of likely N-dealkylation sites (tertiary alicyclic amines) is 1. The minimum Gasteiger partial charge on any atom is -0.445 e. The Balaban J connectivity index is 1.14. The van der Waals surface area contributed by atoms with Crippen LogP contribution in [0.25, 0.3) is 0 Å². The lowest BCUT2D eigenvalue weighted by Gasteiger charge is -2.71. The van der Waals surface area contributed by atoms with E-state index in [0.717, 1.165) is 44.3 Å². The Bertz CT molecular complexity index is 730. The highest BCUT2D eigenvalue weighted by atomic mass is 16.6. The quantitative estimate of drug-likeness (QED) is 0.827. The van der Waals surface area contributed by atoms with E-state index in [0.29, 0.717) is 17.9 Å². The van der Waals surface area contributed by atoms with Crippen LogP contribution in [0.2, 0.25) is 0 Å². The van der Waals surface area contributed by atoms with E-state index >= 15 is 0 Å². The second kappa shape index (κ2) is 6.68. The van der Waals surface area contributed by atoms with E-state index in [9.17, 15) is 9.59 Å². The van der Waals surface area contributed by atoms with Gasteiger partial charge >= 0.3 is 12.2 Å². The molecular weight excluding hydrogens is 356 g/mol. The van der Waals surface area contributed by atoms with Gasteiger partial charge in [-0.25, -0.2) is 9.59 Å². The van der Waals surface area contributed by atoms with Gasteiger partial charge in [0.25, 0.3) is 0 Å². The lowest BCUT2D eigenvalue weighted by Crippen LogP contribution is -2.75. The van der Waals surface area contributed by atoms with Crippen molar-refractivity contribution in [1.29, 1.82) is 0 Å². The van der Waals surface area contributed by atoms with Crippen molar-refractivity contribution in [2.24, 2.45) is 11.3 Å². The molecule has 2 bridgehead atoms. The number of alkyl carbamates (subject to hydrolysis) is 1. The molecule has 4 fully saturated rings. The number of nitrogens with one attached hydrogen (secondary N) is 1. The summed E-state index contributed by atoms with van der Waals surface area (Å²) >= 11 is 0. The molecule has 1 aromatic carbocycles. The number of nitrogens with zero attached hydrogens (tertiary/aromatic N) is 1. The molecule has 6 nitrogen and oxygen atoms in total. The number of carbonyl (C=O) groups is 2. The fourth-order valence-corrected chi connectivity index (χ4v) is 5.11. The Labute approximate surface area is 166 Å². The van der Waals surface area contributed by atoms with Crippen LogP contribution in [0.3, 0.4) is 0 Å². The van der Waals surface area contributed by atoms with Crippen molar-refractivity contribution in [2.45, 2.75) is 64.2 Å². The van der Waals surface area contributed by atoms with Crippen LogP contribution in [0, 0.1) is 11.3 Å². The summed E-state index contributed by atoms with van der Waals surface area (Å²) in [5.74, 6) is 0.552. The number of ether oxygens (including phenoxy) is 2. The number of amides is 2. The molecule has 5 rings (SSSR count). The Hall–Kier alpha value is -2.24. The second-order valence-electron chi connectivity index (χ2n) is 9.95. The summed E-state index contributed by atoms with van der Waals surface area (Å²) < 4.78 is 10.8. The molecule has 152 valence electrons. The zero-order valence-electron chi connectivity index (χ0n) is 17.0. The van der Waals surface area contributed by atoms with E-state index in [1.807, 2.05) is 51.1 Å². The third-order valence-electron chi connectivity index (χ3n) is 6.05. The highest BCUT2D eigenvalue weighted by molar-refractivity contribution is 5.70. The van der Waals surface area contributed by atoms with Gasteiger partial charge in [-0.1, -0.05) is 30.3 Å². The number of rotatable bonds is 5. The molecule has 1 aliphatic heterocycles. The van der Waals surface area contributed by atoms with Crippen molar-refractivity contribution in [1.82, 2.24) is 10.2 Å². The van der Waals surface area contributed by atoms with Crippen LogP contribution in [0.15, 0.2) is 30.3 Å². The van der Waals surface area contributed by atoms with Crippen LogP contribution in [-0.4, -0.2) is 41.3 Å². The molecule has 1 heterocycles. The van der Waals surface area contributed by atoms with Crippen LogP contribution in [0.5, 0.6) is 0 Å². The smallest absolute Gasteiger partial charge is 0.410 e. The highest BCUT2D eigenvalue weighted by Crippen LogP contribution is 2.70. The maximum Gasteiger partial charge on any atom is 0.410 e. The molecule has 0 spiro atoms. The van der Waals surface area contributed by atoms with Crippen molar-refractivity contribution >= 4 is 12.2 Å². The molecule has 4 aliphatic rings. The molecule has 1 N–H and O–H groups in total. The third-order valence-corrected chi connectivity index (χ3v) is 6.05. The van der Waals surface area contributed by atoms with Gasteiger partial charge in [-0.05, 0) is 63.4 Å². The first-order valence-electron chi connectivity index (χ1n) is 10.1. The lowest BCUT2D eigenvalue weighted by atomic mass is 9.37. The predicted octanol–water partition coefficient (Wildman–Crippen LogP) is 4.09. The highest BCUT2D eigenvalue weighted by Gasteiger charge is 2.68. The molecule has 0 aromatic heterocycles. The summed E-state index contributed by atoms with van der Waals surface area (Å²) in [5.41, 5.74) is 0.856. The first kappa shape index (κ1) is 19.1. The maximum absolute atomic E-state index is 12.1. The first-order chi connectivity index (χ1) is 13.2. The van der Waals surface area contributed by atoms with Gasteiger partial charge in [-0.15, -0.1) is 0 Å². The predicted molar refractivity (Wildman–Crippen MR) is 105 cm³/mol. The molecule has 6 heteroatoms. The number of benzene rings is 1. The van der Waals surface area contributed by atoms with Gasteiger partial charge in [0.1, 0.15) is 12.2 Å². The normalized spacial score (nSPS) is 28.5. The number of hydrogen-bond donors (Lipinski definition) is 1. The molecule has 3 aliphatic carbocycles. The SMILES string of the molecule is CC(C)(C)OC(=O)N1CC(CC23CC(NC(=O)OCc4ccccc4)(C2)C3)C1. The topological polar surface area (TPSA) is 67.9 Å². The Morgan fingerprint density at radius 3 is 2.39 bits per heavy atom. The number of carbonyl (C=O) groups excluding carboxylic acids is 2. The average Bonchev–Trinajstić information content (AvgIpc) is 2.51. The summed E-state index contributed by atoms with van der Waals surface area (Å²) in [6, 6.07) is 9.71. The Morgan fingerprint density at radius 1 is 1.14 bits per heavy atom. The minimum absolute atomic E-state index is 0.0532. The third kappa shape index (κ3) is 3.96. The van der Waals surface area contributed by atoms with Crippen LogP contribution in [0.4, 0.5) is 9.59 Å². The summed E-state index contributed by atoms with van der Waals surface area (Å²) in [7, 11) is 0. The molecule has 0 atom stereocenters. The standard InChI is InChI=1S/C22H30N2O4/c1-20(2,3)28-19(26)24-10-17(11-24)9-21-13-22(14-21,15-21)23-18(25)27-12-16-7-5-4-6-8-16/h4-8,17H,9-15H2,1-3H3,(H,23,25). The van der Waals surface area contributed by atoms with E-state index in [2.05, 4.69) is 5.32 Å². The summed E-state index contributed by atoms with van der Waals surface area (Å²) in [6.45, 7) is 7.55. The molecule has 3 saturated carbocycles. The van der Waals surface area contributed by atoms with Crippen molar-refractivity contribution < 1.29 is 19.1 Å². The van der Waals surface area contributed by atoms with E-state index in [-0.39, 0.29) is 17.7 Å². The maximum atomic E-state index is 12.1. The Kier molecular flexibility index (Phi) is 4.55. The monoisotopic (exact) mass is 386 g/mol. The zero-order chi connectivity index (χ0) is 20.0. The first-order valence-corrected chi connectivity index (χ1v) is 10.1. The zero-order valence-corrected chi connectivity index (χ0v) is 17.0. The van der Waals surface area contributed by atoms with Crippen molar-refractivity contribution in [3.8, 4) is 0 Å². The van der Waals surface area contributed by atoms with Gasteiger partial charge in [0.05, 0.1) is 0 Å². The van der Waals surface area contributed by atoms with Gasteiger partial charge in [0, 0.05) is 18.6 Å². The van der Waals surface area contributed by atoms with Gasteiger partial charge < -0.3 is 19.7 Å². The second-order valence-corrected chi connectivity index (χ2v) is 9.95. The fourth-order valence-electron chi connectivity index (χ4n) is 5.11. The lowest BCUT2D eigenvalue weighted by molar-refractivity contribution is -0.170. The number of hydrogen-bond acceptors (Lipinski definition) is 4. The molecule has 1 aromatic rings. The van der Waals surface area contributed by atoms with Crippen LogP contribution < -0.4 is 5.32 Å². The molecular formula is C22H30N2O4. The van der Waals surface area contributed by atoms with Crippen LogP contribution in [-0.2, 0) is 16.1 Å². The van der Waals surface area contributed by atoms with Gasteiger partial charge in [0.15, 0.2) is 0 Å². The van der Waals surface area contributed by atoms with E-state index in [1.165, 1.54) is 0 Å². The van der Waals surface area contributed by atoms with Gasteiger partial charge in [-0.2, -0.15) is 0 Å². The fraction of sp³-hybridized carbons (Fsp3) is 0.636. The molecule has 0 radical (unpaired) electrons. The van der Waals surface area contributed by atoms with Crippen LogP contribution >= 0.6 is 0 Å². The average molecular weight is 386 g/mol. The Morgan fingerprint density at radius 2 is 1.79 bits per heavy atom. The summed E-state index contributed by atoms with van der Waals surface area (Å²) in [4.78, 5) is 25.9. The van der Waals surface area contributed by atoms with E-state index in [4.69, 9.17) is 9.47 Å². The molecule has 2 amide bonds. The van der Waals surface area contributed by atoms with Gasteiger partial charge in [-0.3, -0.25) is 0 Å². The molecule has 0 unspecified atom stereocenters. The van der Waals surface area contributed by atoms with Gasteiger partial charge in [0.2, 0.25) is 0 Å².